The number of amides is 1. The van der Waals surface area contributed by atoms with Crippen LogP contribution >= 0.6 is 11.8 Å². The number of halogens is 2. The summed E-state index contributed by atoms with van der Waals surface area (Å²) in [5.74, 6) is -0.786. The number of anilines is 1. The van der Waals surface area contributed by atoms with Crippen LogP contribution in [0.25, 0.3) is 0 Å². The molecule has 8 heteroatoms. The lowest BCUT2D eigenvalue weighted by Gasteiger charge is -2.16. The van der Waals surface area contributed by atoms with Gasteiger partial charge >= 0.3 is 0 Å². The van der Waals surface area contributed by atoms with E-state index in [1.54, 1.807) is 24.3 Å². The van der Waals surface area contributed by atoms with E-state index in [0.717, 1.165) is 5.56 Å². The first-order valence-corrected chi connectivity index (χ1v) is 8.78. The lowest BCUT2D eigenvalue weighted by molar-refractivity contribution is -0.114. The average Bonchev–Trinajstić information content (AvgIpc) is 2.59. The number of hydrogen-bond acceptors (Lipinski definition) is 4. The molecule has 0 radical (unpaired) electrons. The van der Waals surface area contributed by atoms with Crippen molar-refractivity contribution in [3.8, 4) is 0 Å². The summed E-state index contributed by atoms with van der Waals surface area (Å²) in [4.78, 5) is 15.3. The second-order valence-electron chi connectivity index (χ2n) is 5.71. The van der Waals surface area contributed by atoms with Crippen LogP contribution in [0.3, 0.4) is 0 Å². The molecule has 2 N–H and O–H groups in total. The summed E-state index contributed by atoms with van der Waals surface area (Å²) < 4.78 is 28.1. The fraction of sp³-hybridized carbons (Fsp3) is 0.167. The molecule has 0 aliphatic carbocycles. The second kappa shape index (κ2) is 7.65. The molecule has 1 aliphatic heterocycles. The van der Waals surface area contributed by atoms with Gasteiger partial charge in [0, 0.05) is 23.9 Å². The smallest absolute Gasteiger partial charge is 0.221 e. The zero-order valence-electron chi connectivity index (χ0n) is 14.1. The summed E-state index contributed by atoms with van der Waals surface area (Å²) in [5.41, 5.74) is 5.08. The van der Waals surface area contributed by atoms with E-state index in [1.165, 1.54) is 30.8 Å². The molecule has 0 spiro atoms. The number of nitrogens with zero attached hydrogens (tertiary/aromatic N) is 2. The van der Waals surface area contributed by atoms with Crippen molar-refractivity contribution >= 4 is 39.9 Å². The maximum atomic E-state index is 14.3. The van der Waals surface area contributed by atoms with Crippen LogP contribution in [0, 0.1) is 18.6 Å². The van der Waals surface area contributed by atoms with E-state index in [4.69, 9.17) is 0 Å². The average molecular weight is 374 g/mol. The summed E-state index contributed by atoms with van der Waals surface area (Å²) >= 11 is 1.30. The lowest BCUT2D eigenvalue weighted by Crippen LogP contribution is -2.25. The Morgan fingerprint density at radius 3 is 2.69 bits per heavy atom. The Kier molecular flexibility index (Phi) is 5.32. The number of amidine groups is 1. The Hall–Kier alpha value is -2.74. The molecule has 5 nitrogen and oxygen atoms in total. The number of hydrogen-bond donors (Lipinski definition) is 2. The topological polar surface area (TPSA) is 65.8 Å². The summed E-state index contributed by atoms with van der Waals surface area (Å²) in [6.45, 7) is 3.21. The normalized spacial score (nSPS) is 15.4. The van der Waals surface area contributed by atoms with Crippen LogP contribution in [0.2, 0.25) is 0 Å². The monoisotopic (exact) mass is 374 g/mol. The van der Waals surface area contributed by atoms with Crippen LogP contribution in [0.15, 0.2) is 46.5 Å². The number of carbonyl (C=O) groups excluding carboxylic acids is 1. The Balaban J connectivity index is 1.78. The molecule has 0 saturated carbocycles. The van der Waals surface area contributed by atoms with Crippen molar-refractivity contribution < 1.29 is 13.6 Å². The zero-order valence-corrected chi connectivity index (χ0v) is 15.0. The Bertz CT molecular complexity index is 927. The lowest BCUT2D eigenvalue weighted by atomic mass is 10.1. The number of hydrazone groups is 1. The Morgan fingerprint density at radius 2 is 2.04 bits per heavy atom. The molecule has 134 valence electrons. The minimum Gasteiger partial charge on any atom is -0.326 e. The van der Waals surface area contributed by atoms with Crippen molar-refractivity contribution in [2.45, 2.75) is 13.8 Å². The molecular formula is C18H16F2N4OS. The van der Waals surface area contributed by atoms with Gasteiger partial charge in [0.1, 0.15) is 17.3 Å². The van der Waals surface area contributed by atoms with Crippen molar-refractivity contribution in [3.05, 3.63) is 59.2 Å². The Labute approximate surface area is 153 Å². The van der Waals surface area contributed by atoms with Crippen molar-refractivity contribution in [1.29, 1.82) is 0 Å². The van der Waals surface area contributed by atoms with Gasteiger partial charge in [0.25, 0.3) is 0 Å². The Morgan fingerprint density at radius 1 is 1.23 bits per heavy atom. The van der Waals surface area contributed by atoms with Crippen LogP contribution in [0.5, 0.6) is 0 Å². The quantitative estimate of drug-likeness (QED) is 0.855. The van der Waals surface area contributed by atoms with Crippen LogP contribution in [0.4, 0.5) is 20.2 Å². The number of carbonyl (C=O) groups is 1. The number of benzene rings is 2. The van der Waals surface area contributed by atoms with E-state index < -0.39 is 11.6 Å². The summed E-state index contributed by atoms with van der Waals surface area (Å²) in [5, 5.41) is 7.11. The third-order valence-electron chi connectivity index (χ3n) is 3.56. The van der Waals surface area contributed by atoms with Crippen LogP contribution in [-0.4, -0.2) is 22.5 Å². The van der Waals surface area contributed by atoms with Gasteiger partial charge in [-0.15, -0.1) is 0 Å². The maximum Gasteiger partial charge on any atom is 0.221 e. The molecule has 3 rings (SSSR count). The predicted molar refractivity (Wildman–Crippen MR) is 101 cm³/mol. The number of nitrogens with one attached hydrogen (secondary N) is 2. The SMILES string of the molecule is CC(=O)Nc1ccc(C2=NNC(=Nc3cc(C)ccc3F)SC2)c(F)c1. The number of thioether (sulfide) groups is 1. The minimum absolute atomic E-state index is 0.226. The first kappa shape index (κ1) is 18.1. The van der Waals surface area contributed by atoms with Gasteiger partial charge in [-0.3, -0.25) is 10.2 Å². The number of aryl methyl sites for hydroxylation is 1. The number of rotatable bonds is 3. The van der Waals surface area contributed by atoms with Crippen molar-refractivity contribution in [1.82, 2.24) is 5.43 Å². The summed E-state index contributed by atoms with van der Waals surface area (Å²) in [6, 6.07) is 9.09. The fourth-order valence-electron chi connectivity index (χ4n) is 2.36. The van der Waals surface area contributed by atoms with Gasteiger partial charge in [-0.25, -0.2) is 13.8 Å². The molecule has 0 aromatic heterocycles. The highest BCUT2D eigenvalue weighted by molar-refractivity contribution is 8.14. The van der Waals surface area contributed by atoms with E-state index in [1.807, 2.05) is 6.92 Å². The van der Waals surface area contributed by atoms with Gasteiger partial charge in [-0.1, -0.05) is 17.8 Å². The van der Waals surface area contributed by atoms with Crippen molar-refractivity contribution in [2.75, 3.05) is 11.1 Å². The van der Waals surface area contributed by atoms with E-state index in [9.17, 15) is 13.6 Å². The summed E-state index contributed by atoms with van der Waals surface area (Å²) in [7, 11) is 0. The third-order valence-corrected chi connectivity index (χ3v) is 4.43. The zero-order chi connectivity index (χ0) is 18.7. The van der Waals surface area contributed by atoms with E-state index in [-0.39, 0.29) is 11.6 Å². The molecule has 0 saturated heterocycles. The van der Waals surface area contributed by atoms with Gasteiger partial charge < -0.3 is 5.32 Å². The van der Waals surface area contributed by atoms with Crippen molar-refractivity contribution in [2.24, 2.45) is 10.1 Å². The molecule has 0 fully saturated rings. The molecule has 1 heterocycles. The van der Waals surface area contributed by atoms with Gasteiger partial charge in [-0.2, -0.15) is 5.10 Å². The van der Waals surface area contributed by atoms with Gasteiger partial charge in [0.2, 0.25) is 5.91 Å². The van der Waals surface area contributed by atoms with Gasteiger partial charge in [0.15, 0.2) is 5.17 Å². The molecular weight excluding hydrogens is 358 g/mol. The van der Waals surface area contributed by atoms with Gasteiger partial charge in [0.05, 0.1) is 5.71 Å². The first-order chi connectivity index (χ1) is 12.4. The highest BCUT2D eigenvalue weighted by atomic mass is 32.2. The largest absolute Gasteiger partial charge is 0.326 e. The number of aliphatic imine (C=N–C) groups is 1. The first-order valence-electron chi connectivity index (χ1n) is 7.80. The van der Waals surface area contributed by atoms with E-state index in [2.05, 4.69) is 20.8 Å². The summed E-state index contributed by atoms with van der Waals surface area (Å²) in [6.07, 6.45) is 0. The highest BCUT2D eigenvalue weighted by Crippen LogP contribution is 2.23. The molecule has 0 unspecified atom stereocenters. The maximum absolute atomic E-state index is 14.3. The van der Waals surface area contributed by atoms with Crippen LogP contribution in [-0.2, 0) is 4.79 Å². The molecule has 0 atom stereocenters. The molecule has 1 aliphatic rings. The predicted octanol–water partition coefficient (Wildman–Crippen LogP) is 3.96. The fourth-order valence-corrected chi connectivity index (χ4v) is 3.13. The molecule has 26 heavy (non-hydrogen) atoms. The molecule has 2 aromatic carbocycles. The highest BCUT2D eigenvalue weighted by Gasteiger charge is 2.17. The third kappa shape index (κ3) is 4.26. The minimum atomic E-state index is -0.484. The van der Waals surface area contributed by atoms with E-state index >= 15 is 0 Å². The standard InChI is InChI=1S/C18H16F2N4OS/c1-10-3-6-14(19)16(7-10)22-18-24-23-17(9-26-18)13-5-4-12(8-15(13)20)21-11(2)25/h3-8H,9H2,1-2H3,(H,21,25)(H,22,24). The van der Waals surface area contributed by atoms with Gasteiger partial charge in [-0.05, 0) is 42.8 Å². The van der Waals surface area contributed by atoms with E-state index in [0.29, 0.717) is 27.9 Å². The second-order valence-corrected chi connectivity index (χ2v) is 6.67. The van der Waals surface area contributed by atoms with Crippen LogP contribution in [0.1, 0.15) is 18.1 Å². The van der Waals surface area contributed by atoms with Crippen molar-refractivity contribution in [3.63, 3.8) is 0 Å². The van der Waals surface area contributed by atoms with Crippen LogP contribution < -0.4 is 10.7 Å². The molecule has 0 bridgehead atoms. The molecule has 2 aromatic rings. The molecule has 1 amide bonds.